The van der Waals surface area contributed by atoms with Gasteiger partial charge in [-0.1, -0.05) is 6.07 Å². The van der Waals surface area contributed by atoms with Crippen LogP contribution >= 0.6 is 0 Å². The third-order valence-corrected chi connectivity index (χ3v) is 3.33. The lowest BCUT2D eigenvalue weighted by molar-refractivity contribution is 0.479. The summed E-state index contributed by atoms with van der Waals surface area (Å²) in [6.45, 7) is 1.85. The van der Waals surface area contributed by atoms with Gasteiger partial charge in [-0.25, -0.2) is 9.97 Å². The minimum Gasteiger partial charge on any atom is -0.504 e. The van der Waals surface area contributed by atoms with Crippen LogP contribution in [0.2, 0.25) is 0 Å². The molecule has 97 valence electrons. The second-order valence-corrected chi connectivity index (χ2v) is 4.65. The Labute approximate surface area is 114 Å². The highest BCUT2D eigenvalue weighted by atomic mass is 16.3. The van der Waals surface area contributed by atoms with Gasteiger partial charge in [0.1, 0.15) is 5.65 Å². The minimum atomic E-state index is 0.141. The molecule has 0 saturated heterocycles. The first-order valence-corrected chi connectivity index (χ1v) is 6.26. The van der Waals surface area contributed by atoms with Crippen molar-refractivity contribution < 1.29 is 5.11 Å². The minimum absolute atomic E-state index is 0.141. The monoisotopic (exact) mass is 263 g/mol. The molecule has 5 heteroatoms. The Morgan fingerprint density at radius 2 is 2.10 bits per heavy atom. The van der Waals surface area contributed by atoms with Crippen LogP contribution in [0.15, 0.2) is 42.9 Å². The van der Waals surface area contributed by atoms with Gasteiger partial charge in [0, 0.05) is 18.0 Å². The van der Waals surface area contributed by atoms with Gasteiger partial charge in [0.15, 0.2) is 11.4 Å². The predicted molar refractivity (Wildman–Crippen MR) is 74.6 cm³/mol. The van der Waals surface area contributed by atoms with Gasteiger partial charge in [-0.05, 0) is 25.1 Å². The van der Waals surface area contributed by atoms with Crippen molar-refractivity contribution in [3.05, 3.63) is 54.7 Å². The molecule has 4 aromatic heterocycles. The van der Waals surface area contributed by atoms with Crippen molar-refractivity contribution in [2.24, 2.45) is 0 Å². The smallest absolute Gasteiger partial charge is 0.180 e. The van der Waals surface area contributed by atoms with Crippen LogP contribution in [0.3, 0.4) is 0 Å². The second-order valence-electron chi connectivity index (χ2n) is 4.65. The van der Waals surface area contributed by atoms with Gasteiger partial charge < -0.3 is 5.11 Å². The van der Waals surface area contributed by atoms with Crippen LogP contribution in [0.25, 0.3) is 22.6 Å². The van der Waals surface area contributed by atoms with Gasteiger partial charge in [0.25, 0.3) is 0 Å². The normalized spacial score (nSPS) is 11.4. The summed E-state index contributed by atoms with van der Waals surface area (Å²) in [6.07, 6.45) is 8.54. The number of rotatable bonds is 1. The molecule has 0 aliphatic heterocycles. The van der Waals surface area contributed by atoms with Crippen molar-refractivity contribution in [3.8, 4) is 17.0 Å². The third-order valence-electron chi connectivity index (χ3n) is 3.33. The Morgan fingerprint density at radius 3 is 3.00 bits per heavy atom. The molecule has 0 fully saturated rings. The van der Waals surface area contributed by atoms with Crippen LogP contribution in [0.4, 0.5) is 0 Å². The maximum atomic E-state index is 10.4. The van der Waals surface area contributed by atoms with E-state index in [-0.39, 0.29) is 5.75 Å². The predicted octanol–water partition coefficient (Wildman–Crippen LogP) is 2.46. The maximum absolute atomic E-state index is 10.4. The number of hydrogen-bond acceptors (Lipinski definition) is 3. The zero-order valence-corrected chi connectivity index (χ0v) is 10.8. The van der Waals surface area contributed by atoms with E-state index in [0.717, 1.165) is 17.0 Å². The van der Waals surface area contributed by atoms with Gasteiger partial charge in [-0.3, -0.25) is 8.80 Å². The van der Waals surface area contributed by atoms with Crippen LogP contribution in [0.5, 0.6) is 5.75 Å². The number of aromatic nitrogens is 4. The average molecular weight is 263 g/mol. The number of pyridine rings is 2. The number of fused-ring (bicyclic) bond motifs is 2. The average Bonchev–Trinajstić information content (AvgIpc) is 3.03. The molecule has 4 heterocycles. The number of aromatic hydroxyl groups is 1. The lowest BCUT2D eigenvalue weighted by Crippen LogP contribution is -1.91. The quantitative estimate of drug-likeness (QED) is 0.574. The SMILES string of the molecule is Cc1[c]n2ccc(-c3cnc4ccccn34)c(O)c2n1. The van der Waals surface area contributed by atoms with E-state index in [4.69, 9.17) is 0 Å². The number of hydrogen-bond donors (Lipinski definition) is 1. The van der Waals surface area contributed by atoms with Gasteiger partial charge in [0.05, 0.1) is 23.8 Å². The lowest BCUT2D eigenvalue weighted by Gasteiger charge is -2.05. The first-order valence-electron chi connectivity index (χ1n) is 6.26. The number of imidazole rings is 2. The van der Waals surface area contributed by atoms with E-state index in [9.17, 15) is 5.11 Å². The summed E-state index contributed by atoms with van der Waals surface area (Å²) < 4.78 is 3.63. The van der Waals surface area contributed by atoms with Crippen LogP contribution in [0.1, 0.15) is 5.69 Å². The fraction of sp³-hybridized carbons (Fsp3) is 0.0667. The van der Waals surface area contributed by atoms with Crippen LogP contribution in [-0.4, -0.2) is 23.9 Å². The lowest BCUT2D eigenvalue weighted by atomic mass is 10.2. The summed E-state index contributed by atoms with van der Waals surface area (Å²) in [7, 11) is 0. The summed E-state index contributed by atoms with van der Waals surface area (Å²) in [6, 6.07) is 7.63. The summed E-state index contributed by atoms with van der Waals surface area (Å²) in [5.74, 6) is 0.141. The highest BCUT2D eigenvalue weighted by Gasteiger charge is 2.14. The topological polar surface area (TPSA) is 54.8 Å². The standard InChI is InChI=1S/C15H11N4O/c1-10-9-18-7-5-11(14(20)15(18)17-10)12-8-16-13-4-2-3-6-19(12)13/h2-8,20H,1H3. The molecule has 0 bridgehead atoms. The highest BCUT2D eigenvalue weighted by Crippen LogP contribution is 2.32. The molecule has 0 spiro atoms. The first kappa shape index (κ1) is 11.0. The van der Waals surface area contributed by atoms with Crippen molar-refractivity contribution in [1.29, 1.82) is 0 Å². The van der Waals surface area contributed by atoms with E-state index in [0.29, 0.717) is 11.2 Å². The fourth-order valence-electron chi connectivity index (χ4n) is 2.43. The summed E-state index contributed by atoms with van der Waals surface area (Å²) in [4.78, 5) is 8.63. The Balaban J connectivity index is 2.04. The van der Waals surface area contributed by atoms with Crippen molar-refractivity contribution in [2.45, 2.75) is 6.92 Å². The molecule has 0 atom stereocenters. The summed E-state index contributed by atoms with van der Waals surface area (Å²) in [5, 5.41) is 10.4. The Hall–Kier alpha value is -2.82. The van der Waals surface area contributed by atoms with E-state index < -0.39 is 0 Å². The Morgan fingerprint density at radius 1 is 1.20 bits per heavy atom. The molecule has 0 aromatic carbocycles. The first-order chi connectivity index (χ1) is 9.74. The fourth-order valence-corrected chi connectivity index (χ4v) is 2.43. The Bertz CT molecular complexity index is 936. The van der Waals surface area contributed by atoms with Gasteiger partial charge >= 0.3 is 0 Å². The van der Waals surface area contributed by atoms with Crippen molar-refractivity contribution in [3.63, 3.8) is 0 Å². The molecule has 4 aromatic rings. The molecule has 4 rings (SSSR count). The van der Waals surface area contributed by atoms with Gasteiger partial charge in [-0.15, -0.1) is 0 Å². The second kappa shape index (κ2) is 3.84. The molecular weight excluding hydrogens is 252 g/mol. The Kier molecular flexibility index (Phi) is 2.12. The third kappa shape index (κ3) is 1.43. The van der Waals surface area contributed by atoms with Gasteiger partial charge in [0.2, 0.25) is 0 Å². The van der Waals surface area contributed by atoms with Crippen molar-refractivity contribution >= 4 is 11.3 Å². The van der Waals surface area contributed by atoms with E-state index in [2.05, 4.69) is 16.2 Å². The molecule has 1 radical (unpaired) electrons. The van der Waals surface area contributed by atoms with E-state index in [1.54, 1.807) is 10.6 Å². The van der Waals surface area contributed by atoms with Crippen LogP contribution < -0.4 is 0 Å². The number of nitrogens with zero attached hydrogens (tertiary/aromatic N) is 4. The number of aryl methyl sites for hydroxylation is 1. The van der Waals surface area contributed by atoms with Crippen molar-refractivity contribution in [1.82, 2.24) is 18.8 Å². The molecule has 0 unspecified atom stereocenters. The largest absolute Gasteiger partial charge is 0.504 e. The molecule has 0 aliphatic rings. The van der Waals surface area contributed by atoms with Crippen LogP contribution in [0, 0.1) is 13.1 Å². The molecule has 0 aliphatic carbocycles. The van der Waals surface area contributed by atoms with Crippen LogP contribution in [-0.2, 0) is 0 Å². The summed E-state index contributed by atoms with van der Waals surface area (Å²) in [5.41, 5.74) is 3.63. The molecule has 0 saturated carbocycles. The van der Waals surface area contributed by atoms with E-state index >= 15 is 0 Å². The summed E-state index contributed by atoms with van der Waals surface area (Å²) >= 11 is 0. The van der Waals surface area contributed by atoms with E-state index in [1.807, 2.05) is 48.0 Å². The zero-order chi connectivity index (χ0) is 13.7. The zero-order valence-electron chi connectivity index (χ0n) is 10.8. The van der Waals surface area contributed by atoms with Crippen molar-refractivity contribution in [2.75, 3.05) is 0 Å². The molecule has 0 amide bonds. The van der Waals surface area contributed by atoms with Gasteiger partial charge in [-0.2, -0.15) is 0 Å². The molecule has 1 N–H and O–H groups in total. The maximum Gasteiger partial charge on any atom is 0.180 e. The van der Waals surface area contributed by atoms with E-state index in [1.165, 1.54) is 0 Å². The molecule has 5 nitrogen and oxygen atoms in total. The molecule has 20 heavy (non-hydrogen) atoms. The highest BCUT2D eigenvalue weighted by molar-refractivity contribution is 5.76. The molecular formula is C15H11N4O.